The Labute approximate surface area is 72.7 Å². The Morgan fingerprint density at radius 2 is 2.17 bits per heavy atom. The molecule has 2 unspecified atom stereocenters. The topological polar surface area (TPSA) is 39.2 Å². The summed E-state index contributed by atoms with van der Waals surface area (Å²) in [6.45, 7) is 0. The van der Waals surface area contributed by atoms with Gasteiger partial charge >= 0.3 is 0 Å². The molecule has 1 aromatic heterocycles. The van der Waals surface area contributed by atoms with Gasteiger partial charge in [0.1, 0.15) is 0 Å². The second kappa shape index (κ2) is 3.31. The first-order valence-corrected chi connectivity index (χ1v) is 4.65. The van der Waals surface area contributed by atoms with E-state index in [4.69, 9.17) is 10.2 Å². The molecule has 0 aliphatic heterocycles. The zero-order valence-corrected chi connectivity index (χ0v) is 7.20. The van der Waals surface area contributed by atoms with Crippen molar-refractivity contribution in [1.29, 1.82) is 0 Å². The van der Waals surface area contributed by atoms with Gasteiger partial charge in [0.05, 0.1) is 12.5 Å². The Balaban J connectivity index is 2.11. The van der Waals surface area contributed by atoms with Crippen LogP contribution < -0.4 is 5.73 Å². The van der Waals surface area contributed by atoms with Crippen molar-refractivity contribution in [1.82, 2.24) is 0 Å². The molecule has 1 heterocycles. The molecule has 0 radical (unpaired) electrons. The van der Waals surface area contributed by atoms with Crippen LogP contribution in [0, 0.1) is 0 Å². The van der Waals surface area contributed by atoms with Gasteiger partial charge < -0.3 is 10.2 Å². The molecule has 2 N–H and O–H groups in total. The maximum absolute atomic E-state index is 6.03. The van der Waals surface area contributed by atoms with Crippen LogP contribution in [0.1, 0.15) is 37.2 Å². The maximum Gasteiger partial charge on any atom is 0.0937 e. The standard InChI is InChI=1S/C10H15NO/c11-10-4-2-1-3-9(10)8-5-6-12-7-8/h5-7,9-10H,1-4,11H2. The van der Waals surface area contributed by atoms with Crippen LogP contribution in [0.4, 0.5) is 0 Å². The lowest BCUT2D eigenvalue weighted by molar-refractivity contribution is 0.383. The number of nitrogens with two attached hydrogens (primary N) is 1. The predicted molar refractivity (Wildman–Crippen MR) is 47.9 cm³/mol. The summed E-state index contributed by atoms with van der Waals surface area (Å²) in [6.07, 6.45) is 8.54. The minimum Gasteiger partial charge on any atom is -0.472 e. The lowest BCUT2D eigenvalue weighted by Crippen LogP contribution is -2.30. The van der Waals surface area contributed by atoms with Gasteiger partial charge in [0.25, 0.3) is 0 Å². The summed E-state index contributed by atoms with van der Waals surface area (Å²) < 4.78 is 5.06. The first-order chi connectivity index (χ1) is 5.88. The van der Waals surface area contributed by atoms with E-state index in [1.807, 2.05) is 12.3 Å². The molecule has 1 fully saturated rings. The van der Waals surface area contributed by atoms with Crippen LogP contribution in [0.2, 0.25) is 0 Å². The third kappa shape index (κ3) is 1.39. The van der Waals surface area contributed by atoms with Crippen LogP contribution in [0.15, 0.2) is 23.0 Å². The van der Waals surface area contributed by atoms with Crippen molar-refractivity contribution in [2.45, 2.75) is 37.6 Å². The molecule has 2 atom stereocenters. The predicted octanol–water partition coefficient (Wildman–Crippen LogP) is 2.26. The van der Waals surface area contributed by atoms with Crippen LogP contribution in [-0.4, -0.2) is 6.04 Å². The number of rotatable bonds is 1. The summed E-state index contributed by atoms with van der Waals surface area (Å²) in [5.74, 6) is 0.539. The van der Waals surface area contributed by atoms with Gasteiger partial charge in [0.15, 0.2) is 0 Å². The molecule has 2 rings (SSSR count). The molecular weight excluding hydrogens is 150 g/mol. The first kappa shape index (κ1) is 7.87. The minimum absolute atomic E-state index is 0.344. The second-order valence-electron chi connectivity index (χ2n) is 3.61. The highest BCUT2D eigenvalue weighted by Crippen LogP contribution is 2.31. The Morgan fingerprint density at radius 1 is 1.33 bits per heavy atom. The van der Waals surface area contributed by atoms with Gasteiger partial charge in [-0.3, -0.25) is 0 Å². The summed E-state index contributed by atoms with van der Waals surface area (Å²) in [5, 5.41) is 0. The van der Waals surface area contributed by atoms with Crippen molar-refractivity contribution in [3.05, 3.63) is 24.2 Å². The lowest BCUT2D eigenvalue weighted by atomic mass is 9.81. The van der Waals surface area contributed by atoms with Crippen LogP contribution in [0.5, 0.6) is 0 Å². The summed E-state index contributed by atoms with van der Waals surface area (Å²) in [4.78, 5) is 0. The van der Waals surface area contributed by atoms with Gasteiger partial charge in [0, 0.05) is 12.0 Å². The highest BCUT2D eigenvalue weighted by molar-refractivity contribution is 5.15. The van der Waals surface area contributed by atoms with Gasteiger partial charge in [0.2, 0.25) is 0 Å². The third-order valence-electron chi connectivity index (χ3n) is 2.79. The highest BCUT2D eigenvalue weighted by Gasteiger charge is 2.23. The van der Waals surface area contributed by atoms with Crippen molar-refractivity contribution < 1.29 is 4.42 Å². The SMILES string of the molecule is NC1CCCCC1c1ccoc1. The van der Waals surface area contributed by atoms with Gasteiger partial charge in [-0.15, -0.1) is 0 Å². The molecule has 2 nitrogen and oxygen atoms in total. The molecular formula is C10H15NO. The van der Waals surface area contributed by atoms with E-state index in [-0.39, 0.29) is 0 Å². The van der Waals surface area contributed by atoms with Gasteiger partial charge in [-0.1, -0.05) is 12.8 Å². The second-order valence-corrected chi connectivity index (χ2v) is 3.61. The number of furan rings is 1. The molecule has 0 spiro atoms. The lowest BCUT2D eigenvalue weighted by Gasteiger charge is -2.27. The number of hydrogen-bond donors (Lipinski definition) is 1. The van der Waals surface area contributed by atoms with Crippen molar-refractivity contribution >= 4 is 0 Å². The van der Waals surface area contributed by atoms with Gasteiger partial charge in [-0.25, -0.2) is 0 Å². The Kier molecular flexibility index (Phi) is 2.17. The van der Waals surface area contributed by atoms with Crippen LogP contribution in [0.25, 0.3) is 0 Å². The molecule has 66 valence electrons. The van der Waals surface area contributed by atoms with Gasteiger partial charge in [-0.2, -0.15) is 0 Å². The molecule has 0 saturated heterocycles. The van der Waals surface area contributed by atoms with E-state index in [1.54, 1.807) is 6.26 Å². The quantitative estimate of drug-likeness (QED) is 0.693. The molecule has 0 aromatic carbocycles. The normalized spacial score (nSPS) is 30.4. The molecule has 1 saturated carbocycles. The first-order valence-electron chi connectivity index (χ1n) is 4.65. The van der Waals surface area contributed by atoms with Crippen LogP contribution >= 0.6 is 0 Å². The van der Waals surface area contributed by atoms with Crippen molar-refractivity contribution in [3.63, 3.8) is 0 Å². The largest absolute Gasteiger partial charge is 0.472 e. The van der Waals surface area contributed by atoms with E-state index in [9.17, 15) is 0 Å². The Morgan fingerprint density at radius 3 is 2.83 bits per heavy atom. The smallest absolute Gasteiger partial charge is 0.0937 e. The van der Waals surface area contributed by atoms with E-state index in [0.29, 0.717) is 12.0 Å². The summed E-state index contributed by atoms with van der Waals surface area (Å²) in [6, 6.07) is 2.38. The molecule has 2 heteroatoms. The van der Waals surface area contributed by atoms with E-state index in [1.165, 1.54) is 24.8 Å². The monoisotopic (exact) mass is 165 g/mol. The third-order valence-corrected chi connectivity index (χ3v) is 2.79. The summed E-state index contributed by atoms with van der Waals surface area (Å²) in [5.41, 5.74) is 7.31. The van der Waals surface area contributed by atoms with Crippen LogP contribution in [0.3, 0.4) is 0 Å². The van der Waals surface area contributed by atoms with Crippen LogP contribution in [-0.2, 0) is 0 Å². The van der Waals surface area contributed by atoms with Gasteiger partial charge in [-0.05, 0) is 24.5 Å². The average molecular weight is 165 g/mol. The summed E-state index contributed by atoms with van der Waals surface area (Å²) >= 11 is 0. The van der Waals surface area contributed by atoms with E-state index in [0.717, 1.165) is 6.42 Å². The zero-order valence-electron chi connectivity index (χ0n) is 7.20. The fraction of sp³-hybridized carbons (Fsp3) is 0.600. The van der Waals surface area contributed by atoms with E-state index < -0.39 is 0 Å². The average Bonchev–Trinajstić information content (AvgIpc) is 2.57. The minimum atomic E-state index is 0.344. The molecule has 1 aliphatic rings. The Hall–Kier alpha value is -0.760. The number of hydrogen-bond acceptors (Lipinski definition) is 2. The van der Waals surface area contributed by atoms with Crippen molar-refractivity contribution in [2.75, 3.05) is 0 Å². The molecule has 0 amide bonds. The molecule has 1 aliphatic carbocycles. The fourth-order valence-corrected chi connectivity index (χ4v) is 2.06. The molecule has 1 aromatic rings. The zero-order chi connectivity index (χ0) is 8.39. The molecule has 12 heavy (non-hydrogen) atoms. The van der Waals surface area contributed by atoms with Crippen molar-refractivity contribution in [2.24, 2.45) is 5.73 Å². The van der Waals surface area contributed by atoms with Crippen molar-refractivity contribution in [3.8, 4) is 0 Å². The highest BCUT2D eigenvalue weighted by atomic mass is 16.3. The Bertz CT molecular complexity index is 230. The van der Waals surface area contributed by atoms with E-state index in [2.05, 4.69) is 0 Å². The maximum atomic E-state index is 6.03. The van der Waals surface area contributed by atoms with E-state index >= 15 is 0 Å². The summed E-state index contributed by atoms with van der Waals surface area (Å²) in [7, 11) is 0. The fourth-order valence-electron chi connectivity index (χ4n) is 2.06. The molecule has 0 bridgehead atoms.